The number of carbonyl (C=O) groups is 2. The summed E-state index contributed by atoms with van der Waals surface area (Å²) in [5.41, 5.74) is 2.94. The average molecular weight is 533 g/mol. The number of pyridine rings is 1. The van der Waals surface area contributed by atoms with E-state index in [0.717, 1.165) is 5.56 Å². The molecular weight excluding hydrogens is 508 g/mol. The van der Waals surface area contributed by atoms with Crippen LogP contribution in [0.3, 0.4) is 0 Å². The molecule has 2 aromatic heterocycles. The van der Waals surface area contributed by atoms with Gasteiger partial charge >= 0.3 is 6.09 Å². The van der Waals surface area contributed by atoms with Crippen molar-refractivity contribution in [2.24, 2.45) is 0 Å². The first-order valence-electron chi connectivity index (χ1n) is 11.6. The molecule has 12 heteroatoms. The number of hydrogen-bond acceptors (Lipinski definition) is 8. The predicted octanol–water partition coefficient (Wildman–Crippen LogP) is 3.74. The Kier molecular flexibility index (Phi) is 8.98. The van der Waals surface area contributed by atoms with Crippen LogP contribution in [0.2, 0.25) is 5.02 Å². The molecule has 194 valence electrons. The van der Waals surface area contributed by atoms with Crippen LogP contribution in [-0.2, 0) is 16.0 Å². The molecule has 0 aliphatic heterocycles. The molecule has 0 saturated heterocycles. The molecule has 2 aromatic carbocycles. The predicted molar refractivity (Wildman–Crippen MR) is 144 cm³/mol. The van der Waals surface area contributed by atoms with Gasteiger partial charge in [0.2, 0.25) is 5.91 Å². The van der Waals surface area contributed by atoms with Gasteiger partial charge in [-0.1, -0.05) is 41.9 Å². The number of amides is 2. The summed E-state index contributed by atoms with van der Waals surface area (Å²) >= 11 is 6.17. The Morgan fingerprint density at radius 3 is 2.68 bits per heavy atom. The number of methoxy groups -OCH3 is 1. The van der Waals surface area contributed by atoms with E-state index >= 15 is 0 Å². The number of halogens is 1. The van der Waals surface area contributed by atoms with Gasteiger partial charge in [0.15, 0.2) is 0 Å². The van der Waals surface area contributed by atoms with E-state index in [0.29, 0.717) is 40.7 Å². The molecule has 4 aromatic rings. The first-order chi connectivity index (χ1) is 18.5. The van der Waals surface area contributed by atoms with Crippen LogP contribution in [0.1, 0.15) is 11.1 Å². The lowest BCUT2D eigenvalue weighted by molar-refractivity contribution is -0.117. The Morgan fingerprint density at radius 2 is 1.97 bits per heavy atom. The van der Waals surface area contributed by atoms with E-state index in [2.05, 4.69) is 41.2 Å². The van der Waals surface area contributed by atoms with E-state index in [-0.39, 0.29) is 11.9 Å². The number of nitrogens with zero attached hydrogens (tertiary/aromatic N) is 5. The van der Waals surface area contributed by atoms with Gasteiger partial charge in [-0.15, -0.1) is 5.10 Å². The number of tetrazole rings is 1. The SMILES string of the molecule is COC(=O)Nc1ccc(NC[C@H](Cc2ccccc2)NC(=O)/C=C/c2cc(Cl)ccc2-n2cnnn2)nc1. The molecule has 0 fully saturated rings. The van der Waals surface area contributed by atoms with Gasteiger partial charge in [0.1, 0.15) is 12.1 Å². The van der Waals surface area contributed by atoms with Crippen LogP contribution in [0.4, 0.5) is 16.3 Å². The van der Waals surface area contributed by atoms with Gasteiger partial charge in [-0.3, -0.25) is 10.1 Å². The Balaban J connectivity index is 1.44. The maximum absolute atomic E-state index is 12.9. The molecule has 11 nitrogen and oxygen atoms in total. The van der Waals surface area contributed by atoms with Gasteiger partial charge in [-0.2, -0.15) is 4.68 Å². The number of ether oxygens (including phenoxy) is 1. The topological polar surface area (TPSA) is 136 Å². The second kappa shape index (κ2) is 13.0. The summed E-state index contributed by atoms with van der Waals surface area (Å²) in [7, 11) is 1.29. The summed E-state index contributed by atoms with van der Waals surface area (Å²) in [5.74, 6) is 0.314. The van der Waals surface area contributed by atoms with Crippen molar-refractivity contribution in [3.8, 4) is 5.69 Å². The molecule has 3 N–H and O–H groups in total. The molecule has 0 aliphatic rings. The Bertz CT molecular complexity index is 1380. The minimum absolute atomic E-state index is 0.248. The van der Waals surface area contributed by atoms with E-state index in [9.17, 15) is 9.59 Å². The van der Waals surface area contributed by atoms with Crippen LogP contribution < -0.4 is 16.0 Å². The fraction of sp³-hybridized carbons (Fsp3) is 0.154. The summed E-state index contributed by atoms with van der Waals surface area (Å²) in [6.45, 7) is 0.415. The molecule has 4 rings (SSSR count). The van der Waals surface area contributed by atoms with Crippen LogP contribution in [0.25, 0.3) is 11.8 Å². The van der Waals surface area contributed by atoms with Gasteiger partial charge < -0.3 is 15.4 Å². The van der Waals surface area contributed by atoms with Crippen molar-refractivity contribution in [3.63, 3.8) is 0 Å². The van der Waals surface area contributed by atoms with Crippen LogP contribution >= 0.6 is 11.6 Å². The lowest BCUT2D eigenvalue weighted by Gasteiger charge is -2.19. The lowest BCUT2D eigenvalue weighted by atomic mass is 10.1. The highest BCUT2D eigenvalue weighted by Gasteiger charge is 2.13. The van der Waals surface area contributed by atoms with Crippen molar-refractivity contribution in [3.05, 3.63) is 95.4 Å². The quantitative estimate of drug-likeness (QED) is 0.263. The van der Waals surface area contributed by atoms with E-state index in [1.165, 1.54) is 30.4 Å². The van der Waals surface area contributed by atoms with Crippen molar-refractivity contribution in [2.45, 2.75) is 12.5 Å². The van der Waals surface area contributed by atoms with E-state index in [1.807, 2.05) is 30.3 Å². The summed E-state index contributed by atoms with van der Waals surface area (Å²) in [6.07, 6.45) is 6.12. The first-order valence-corrected chi connectivity index (χ1v) is 12.0. The molecule has 1 atom stereocenters. The third-order valence-corrected chi connectivity index (χ3v) is 5.63. The number of benzene rings is 2. The zero-order valence-electron chi connectivity index (χ0n) is 20.4. The minimum Gasteiger partial charge on any atom is -0.453 e. The van der Waals surface area contributed by atoms with Gasteiger partial charge in [0.05, 0.1) is 30.7 Å². The molecule has 0 unspecified atom stereocenters. The molecule has 0 bridgehead atoms. The highest BCUT2D eigenvalue weighted by molar-refractivity contribution is 6.30. The molecule has 0 aliphatic carbocycles. The Morgan fingerprint density at radius 1 is 1.13 bits per heavy atom. The number of carbonyl (C=O) groups excluding carboxylic acids is 2. The second-order valence-electron chi connectivity index (χ2n) is 8.12. The first kappa shape index (κ1) is 26.3. The molecule has 2 heterocycles. The smallest absolute Gasteiger partial charge is 0.411 e. The normalized spacial score (nSPS) is 11.6. The monoisotopic (exact) mass is 532 g/mol. The third kappa shape index (κ3) is 7.61. The fourth-order valence-corrected chi connectivity index (χ4v) is 3.78. The minimum atomic E-state index is -0.575. The van der Waals surface area contributed by atoms with E-state index in [4.69, 9.17) is 11.6 Å². The number of anilines is 2. The summed E-state index contributed by atoms with van der Waals surface area (Å²) in [6, 6.07) is 18.3. The number of rotatable bonds is 10. The molecule has 0 spiro atoms. The standard InChI is InChI=1S/C26H25ClN8O3/c1-38-26(37)32-21-9-11-24(28-15-21)29-16-22(13-18-5-3-2-4-6-18)31-25(36)12-7-19-14-20(27)8-10-23(19)35-17-30-33-34-35/h2-12,14-15,17,22H,13,16H2,1H3,(H,28,29)(H,31,36)(H,32,37)/b12-7+/t22-/m0/s1. The van der Waals surface area contributed by atoms with Crippen molar-refractivity contribution in [1.29, 1.82) is 0 Å². The molecule has 0 saturated carbocycles. The van der Waals surface area contributed by atoms with Crippen LogP contribution in [0.15, 0.2) is 79.3 Å². The lowest BCUT2D eigenvalue weighted by Crippen LogP contribution is -2.40. The summed E-state index contributed by atoms with van der Waals surface area (Å²) < 4.78 is 6.08. The van der Waals surface area contributed by atoms with Crippen LogP contribution in [0.5, 0.6) is 0 Å². The van der Waals surface area contributed by atoms with Crippen molar-refractivity contribution < 1.29 is 14.3 Å². The van der Waals surface area contributed by atoms with Crippen molar-refractivity contribution in [2.75, 3.05) is 24.3 Å². The molecule has 2 amide bonds. The molecule has 0 radical (unpaired) electrons. The van der Waals surface area contributed by atoms with E-state index in [1.54, 1.807) is 36.4 Å². The van der Waals surface area contributed by atoms with Crippen LogP contribution in [-0.4, -0.2) is 56.9 Å². The average Bonchev–Trinajstić information content (AvgIpc) is 3.47. The molecular formula is C26H25ClN8O3. The Hall–Kier alpha value is -4.77. The van der Waals surface area contributed by atoms with Gasteiger partial charge in [-0.25, -0.2) is 9.78 Å². The number of hydrogen-bond donors (Lipinski definition) is 3. The fourth-order valence-electron chi connectivity index (χ4n) is 3.60. The van der Waals surface area contributed by atoms with Gasteiger partial charge in [0.25, 0.3) is 0 Å². The van der Waals surface area contributed by atoms with Crippen molar-refractivity contribution in [1.82, 2.24) is 30.5 Å². The number of nitrogens with one attached hydrogen (secondary N) is 3. The highest BCUT2D eigenvalue weighted by atomic mass is 35.5. The van der Waals surface area contributed by atoms with E-state index < -0.39 is 6.09 Å². The molecule has 38 heavy (non-hydrogen) atoms. The summed E-state index contributed by atoms with van der Waals surface area (Å²) in [4.78, 5) is 28.6. The van der Waals surface area contributed by atoms with Gasteiger partial charge in [-0.05, 0) is 58.8 Å². The second-order valence-corrected chi connectivity index (χ2v) is 8.55. The Labute approximate surface area is 223 Å². The highest BCUT2D eigenvalue weighted by Crippen LogP contribution is 2.20. The van der Waals surface area contributed by atoms with Crippen LogP contribution in [0, 0.1) is 0 Å². The maximum atomic E-state index is 12.9. The van der Waals surface area contributed by atoms with Crippen molar-refractivity contribution >= 4 is 41.2 Å². The zero-order chi connectivity index (χ0) is 26.7. The van der Waals surface area contributed by atoms with Gasteiger partial charge in [0, 0.05) is 23.2 Å². The largest absolute Gasteiger partial charge is 0.453 e. The zero-order valence-corrected chi connectivity index (χ0v) is 21.2. The summed E-state index contributed by atoms with van der Waals surface area (Å²) in [5, 5.41) is 20.6. The maximum Gasteiger partial charge on any atom is 0.411 e. The third-order valence-electron chi connectivity index (χ3n) is 5.40. The number of aromatic nitrogens is 5.